The number of hydrogen-bond donors (Lipinski definition) is 2. The molecule has 1 unspecified atom stereocenters. The predicted molar refractivity (Wildman–Crippen MR) is 88.8 cm³/mol. The molecule has 5 nitrogen and oxygen atoms in total. The van der Waals surface area contributed by atoms with E-state index >= 15 is 0 Å². The summed E-state index contributed by atoms with van der Waals surface area (Å²) < 4.78 is 5.51. The van der Waals surface area contributed by atoms with Gasteiger partial charge in [-0.15, -0.1) is 0 Å². The standard InChI is InChI=1S/C16H20N2O3S/c1-18(2)9-14(19)10-21-15-5-3-13(4-6-15)17-16(20)12-7-8-22-11-12/h3-8,11,14,19H,9-10H2,1-2H3,(H,17,20). The number of nitrogens with zero attached hydrogens (tertiary/aromatic N) is 1. The molecule has 22 heavy (non-hydrogen) atoms. The van der Waals surface area contributed by atoms with Gasteiger partial charge in [0, 0.05) is 17.6 Å². The average Bonchev–Trinajstić information content (AvgIpc) is 3.00. The number of nitrogens with one attached hydrogen (secondary N) is 1. The molecule has 0 saturated carbocycles. The molecule has 0 aliphatic carbocycles. The molecule has 1 heterocycles. The molecule has 6 heteroatoms. The van der Waals surface area contributed by atoms with Crippen molar-refractivity contribution >= 4 is 22.9 Å². The fourth-order valence-corrected chi connectivity index (χ4v) is 2.53. The first-order valence-electron chi connectivity index (χ1n) is 6.94. The van der Waals surface area contributed by atoms with Crippen LogP contribution in [-0.2, 0) is 0 Å². The Labute approximate surface area is 134 Å². The monoisotopic (exact) mass is 320 g/mol. The Bertz CT molecular complexity index is 582. The van der Waals surface area contributed by atoms with Crippen LogP contribution in [-0.4, -0.2) is 49.3 Å². The Hall–Kier alpha value is -1.89. The number of carbonyl (C=O) groups excluding carboxylic acids is 1. The van der Waals surface area contributed by atoms with Crippen molar-refractivity contribution in [3.05, 3.63) is 46.7 Å². The number of anilines is 1. The van der Waals surface area contributed by atoms with Crippen LogP contribution in [0.1, 0.15) is 10.4 Å². The highest BCUT2D eigenvalue weighted by Crippen LogP contribution is 2.17. The molecule has 2 rings (SSSR count). The average molecular weight is 320 g/mol. The third-order valence-electron chi connectivity index (χ3n) is 2.91. The minimum absolute atomic E-state index is 0.128. The van der Waals surface area contributed by atoms with E-state index < -0.39 is 6.10 Å². The highest BCUT2D eigenvalue weighted by atomic mass is 32.1. The number of rotatable bonds is 7. The zero-order valence-electron chi connectivity index (χ0n) is 12.7. The van der Waals surface area contributed by atoms with Crippen LogP contribution in [0.4, 0.5) is 5.69 Å². The summed E-state index contributed by atoms with van der Waals surface area (Å²) in [6.45, 7) is 0.785. The van der Waals surface area contributed by atoms with Crippen molar-refractivity contribution in [1.29, 1.82) is 0 Å². The van der Waals surface area contributed by atoms with Crippen LogP contribution in [0, 0.1) is 0 Å². The van der Waals surface area contributed by atoms with E-state index in [9.17, 15) is 9.90 Å². The van der Waals surface area contributed by atoms with E-state index in [4.69, 9.17) is 4.74 Å². The fraction of sp³-hybridized carbons (Fsp3) is 0.312. The summed E-state index contributed by atoms with van der Waals surface area (Å²) in [6.07, 6.45) is -0.534. The van der Waals surface area contributed by atoms with E-state index in [1.54, 1.807) is 35.7 Å². The predicted octanol–water partition coefficient (Wildman–Crippen LogP) is 2.30. The van der Waals surface area contributed by atoms with Gasteiger partial charge in [-0.05, 0) is 49.8 Å². The van der Waals surface area contributed by atoms with Crippen molar-refractivity contribution < 1.29 is 14.6 Å². The van der Waals surface area contributed by atoms with Gasteiger partial charge in [-0.3, -0.25) is 4.79 Å². The number of carbonyl (C=O) groups is 1. The van der Waals surface area contributed by atoms with Crippen LogP contribution in [0.2, 0.25) is 0 Å². The van der Waals surface area contributed by atoms with Gasteiger partial charge in [0.1, 0.15) is 18.5 Å². The Morgan fingerprint density at radius 1 is 1.32 bits per heavy atom. The number of likely N-dealkylation sites (N-methyl/N-ethyl adjacent to an activating group) is 1. The Balaban J connectivity index is 1.84. The second-order valence-electron chi connectivity index (χ2n) is 5.22. The van der Waals surface area contributed by atoms with Crippen molar-refractivity contribution in [2.45, 2.75) is 6.10 Å². The topological polar surface area (TPSA) is 61.8 Å². The van der Waals surface area contributed by atoms with E-state index in [2.05, 4.69) is 5.32 Å². The Kier molecular flexibility index (Phi) is 5.94. The minimum atomic E-state index is -0.534. The lowest BCUT2D eigenvalue weighted by molar-refractivity contribution is 0.0831. The number of amides is 1. The van der Waals surface area contributed by atoms with Crippen molar-refractivity contribution in [3.63, 3.8) is 0 Å². The number of benzene rings is 1. The number of ether oxygens (including phenoxy) is 1. The van der Waals surface area contributed by atoms with Gasteiger partial charge in [0.05, 0.1) is 5.56 Å². The first-order valence-corrected chi connectivity index (χ1v) is 7.88. The number of aliphatic hydroxyl groups excluding tert-OH is 1. The number of aliphatic hydroxyl groups is 1. The van der Waals surface area contributed by atoms with Gasteiger partial charge >= 0.3 is 0 Å². The third-order valence-corrected chi connectivity index (χ3v) is 3.60. The molecule has 1 atom stereocenters. The maximum Gasteiger partial charge on any atom is 0.256 e. The molecular weight excluding hydrogens is 300 g/mol. The lowest BCUT2D eigenvalue weighted by Crippen LogP contribution is -2.30. The lowest BCUT2D eigenvalue weighted by atomic mass is 10.2. The Morgan fingerprint density at radius 3 is 2.64 bits per heavy atom. The van der Waals surface area contributed by atoms with Crippen LogP contribution in [0.5, 0.6) is 5.75 Å². The summed E-state index contributed by atoms with van der Waals surface area (Å²) in [5.74, 6) is 0.530. The fourth-order valence-electron chi connectivity index (χ4n) is 1.90. The smallest absolute Gasteiger partial charge is 0.256 e. The zero-order chi connectivity index (χ0) is 15.9. The van der Waals surface area contributed by atoms with E-state index in [1.165, 1.54) is 11.3 Å². The van der Waals surface area contributed by atoms with Crippen LogP contribution in [0.25, 0.3) is 0 Å². The second kappa shape index (κ2) is 7.93. The summed E-state index contributed by atoms with van der Waals surface area (Å²) in [5.41, 5.74) is 1.36. The highest BCUT2D eigenvalue weighted by Gasteiger charge is 2.08. The SMILES string of the molecule is CN(C)CC(O)COc1ccc(NC(=O)c2ccsc2)cc1. The third kappa shape index (κ3) is 5.14. The van der Waals surface area contributed by atoms with Crippen molar-refractivity contribution in [3.8, 4) is 5.75 Å². The van der Waals surface area contributed by atoms with Gasteiger partial charge in [0.2, 0.25) is 0 Å². The van der Waals surface area contributed by atoms with Crippen LogP contribution >= 0.6 is 11.3 Å². The maximum atomic E-state index is 11.9. The molecule has 0 fully saturated rings. The van der Waals surface area contributed by atoms with Crippen molar-refractivity contribution in [2.24, 2.45) is 0 Å². The van der Waals surface area contributed by atoms with Gasteiger partial charge in [-0.1, -0.05) is 0 Å². The van der Waals surface area contributed by atoms with Crippen molar-refractivity contribution in [2.75, 3.05) is 32.6 Å². The quantitative estimate of drug-likeness (QED) is 0.822. The molecule has 2 aromatic rings. The number of hydrogen-bond acceptors (Lipinski definition) is 5. The summed E-state index contributed by atoms with van der Waals surface area (Å²) in [6, 6.07) is 8.87. The molecule has 1 amide bonds. The van der Waals surface area contributed by atoms with Gasteiger partial charge < -0.3 is 20.1 Å². The van der Waals surface area contributed by atoms with Gasteiger partial charge in [-0.2, -0.15) is 11.3 Å². The first kappa shape index (κ1) is 16.5. The van der Waals surface area contributed by atoms with E-state index in [0.29, 0.717) is 23.5 Å². The Morgan fingerprint density at radius 2 is 2.05 bits per heavy atom. The molecule has 0 saturated heterocycles. The maximum absolute atomic E-state index is 11.9. The summed E-state index contributed by atoms with van der Waals surface area (Å²) in [5, 5.41) is 16.2. The van der Waals surface area contributed by atoms with Crippen LogP contribution in [0.15, 0.2) is 41.1 Å². The molecular formula is C16H20N2O3S. The summed E-state index contributed by atoms with van der Waals surface area (Å²) in [4.78, 5) is 13.8. The normalized spacial score (nSPS) is 12.2. The first-order chi connectivity index (χ1) is 10.5. The summed E-state index contributed by atoms with van der Waals surface area (Å²) >= 11 is 1.49. The van der Waals surface area contributed by atoms with Gasteiger partial charge in [-0.25, -0.2) is 0 Å². The molecule has 0 aliphatic rings. The highest BCUT2D eigenvalue weighted by molar-refractivity contribution is 7.08. The molecule has 0 aliphatic heterocycles. The van der Waals surface area contributed by atoms with E-state index in [-0.39, 0.29) is 12.5 Å². The van der Waals surface area contributed by atoms with Gasteiger partial charge in [0.25, 0.3) is 5.91 Å². The van der Waals surface area contributed by atoms with E-state index in [0.717, 1.165) is 0 Å². The zero-order valence-corrected chi connectivity index (χ0v) is 13.5. The van der Waals surface area contributed by atoms with E-state index in [1.807, 2.05) is 24.4 Å². The van der Waals surface area contributed by atoms with Crippen LogP contribution in [0.3, 0.4) is 0 Å². The molecule has 2 N–H and O–H groups in total. The number of thiophene rings is 1. The second-order valence-corrected chi connectivity index (χ2v) is 6.00. The minimum Gasteiger partial charge on any atom is -0.491 e. The molecule has 0 spiro atoms. The molecule has 0 radical (unpaired) electrons. The van der Waals surface area contributed by atoms with Gasteiger partial charge in [0.15, 0.2) is 0 Å². The molecule has 118 valence electrons. The van der Waals surface area contributed by atoms with Crippen molar-refractivity contribution in [1.82, 2.24) is 4.90 Å². The largest absolute Gasteiger partial charge is 0.491 e. The molecule has 1 aromatic heterocycles. The molecule has 1 aromatic carbocycles. The lowest BCUT2D eigenvalue weighted by Gasteiger charge is -2.16. The summed E-state index contributed by atoms with van der Waals surface area (Å²) in [7, 11) is 3.79. The molecule has 0 bridgehead atoms. The van der Waals surface area contributed by atoms with Crippen LogP contribution < -0.4 is 10.1 Å².